The van der Waals surface area contributed by atoms with E-state index in [1.165, 1.54) is 11.3 Å². The molecule has 0 atom stereocenters. The summed E-state index contributed by atoms with van der Waals surface area (Å²) in [5.41, 5.74) is 2.86. The number of nitrogens with zero attached hydrogens (tertiary/aromatic N) is 2. The first-order valence-corrected chi connectivity index (χ1v) is 6.71. The topological polar surface area (TPSA) is 54.6 Å². The lowest BCUT2D eigenvalue weighted by atomic mass is 10.1. The van der Waals surface area contributed by atoms with E-state index < -0.39 is 5.97 Å². The minimum absolute atomic E-state index is 0.370. The molecule has 0 bridgehead atoms. The quantitative estimate of drug-likeness (QED) is 0.797. The maximum absolute atomic E-state index is 11.4. The molecule has 0 aliphatic carbocycles. The number of aromatic nitrogens is 2. The summed E-state index contributed by atoms with van der Waals surface area (Å²) in [7, 11) is 0. The third-order valence-electron chi connectivity index (χ3n) is 3.04. The van der Waals surface area contributed by atoms with Crippen molar-refractivity contribution < 1.29 is 9.90 Å². The van der Waals surface area contributed by atoms with Gasteiger partial charge in [0.15, 0.2) is 4.96 Å². The molecular weight excluding hydrogens is 260 g/mol. The van der Waals surface area contributed by atoms with Gasteiger partial charge >= 0.3 is 5.97 Å². The maximum Gasteiger partial charge on any atom is 0.347 e. The number of hydrogen-bond acceptors (Lipinski definition) is 3. The van der Waals surface area contributed by atoms with Crippen molar-refractivity contribution in [2.75, 3.05) is 0 Å². The highest BCUT2D eigenvalue weighted by Gasteiger charge is 2.20. The number of carboxylic acid groups (broad SMARTS) is 1. The summed E-state index contributed by atoms with van der Waals surface area (Å²) in [6.07, 6.45) is 2.37. The number of thiazole rings is 1. The van der Waals surface area contributed by atoms with Gasteiger partial charge in [0, 0.05) is 18.3 Å². The van der Waals surface area contributed by atoms with Gasteiger partial charge in [0.05, 0.1) is 5.69 Å². The Hall–Kier alpha value is -2.14. The molecule has 1 N–H and O–H groups in total. The second-order valence-corrected chi connectivity index (χ2v) is 5.34. The minimum Gasteiger partial charge on any atom is -0.477 e. The number of rotatable bonds is 3. The molecule has 96 valence electrons. The molecule has 0 amide bonds. The van der Waals surface area contributed by atoms with Crippen LogP contribution in [-0.2, 0) is 6.42 Å². The zero-order valence-electron chi connectivity index (χ0n) is 10.3. The molecule has 0 fully saturated rings. The van der Waals surface area contributed by atoms with Crippen LogP contribution in [0.15, 0.2) is 36.5 Å². The van der Waals surface area contributed by atoms with Crippen LogP contribution in [0.1, 0.15) is 26.6 Å². The molecule has 0 unspecified atom stereocenters. The molecule has 0 saturated carbocycles. The smallest absolute Gasteiger partial charge is 0.347 e. The van der Waals surface area contributed by atoms with E-state index in [1.807, 2.05) is 41.7 Å². The van der Waals surface area contributed by atoms with Gasteiger partial charge < -0.3 is 5.11 Å². The van der Waals surface area contributed by atoms with E-state index >= 15 is 0 Å². The van der Waals surface area contributed by atoms with Crippen molar-refractivity contribution in [1.82, 2.24) is 9.38 Å². The third kappa shape index (κ3) is 2.02. The van der Waals surface area contributed by atoms with Gasteiger partial charge in [-0.05, 0) is 12.5 Å². The van der Waals surface area contributed by atoms with Gasteiger partial charge in [-0.1, -0.05) is 41.7 Å². The van der Waals surface area contributed by atoms with E-state index in [0.29, 0.717) is 11.3 Å². The normalized spacial score (nSPS) is 11.0. The number of carboxylic acids is 1. The van der Waals surface area contributed by atoms with E-state index in [4.69, 9.17) is 0 Å². The van der Waals surface area contributed by atoms with E-state index in [0.717, 1.165) is 21.9 Å². The Balaban J connectivity index is 2.17. The number of imidazole rings is 1. The average Bonchev–Trinajstić information content (AvgIpc) is 2.93. The largest absolute Gasteiger partial charge is 0.477 e. The first-order chi connectivity index (χ1) is 9.16. The van der Waals surface area contributed by atoms with Crippen LogP contribution < -0.4 is 0 Å². The predicted octanol–water partition coefficient (Wildman–Crippen LogP) is 2.99. The fourth-order valence-corrected chi connectivity index (χ4v) is 3.18. The zero-order valence-corrected chi connectivity index (χ0v) is 11.1. The molecule has 0 radical (unpaired) electrons. The Morgan fingerprint density at radius 3 is 2.79 bits per heavy atom. The maximum atomic E-state index is 11.4. The Bertz CT molecular complexity index is 743. The summed E-state index contributed by atoms with van der Waals surface area (Å²) in [6, 6.07) is 9.87. The summed E-state index contributed by atoms with van der Waals surface area (Å²) < 4.78 is 1.93. The van der Waals surface area contributed by atoms with Gasteiger partial charge in [-0.15, -0.1) is 0 Å². The van der Waals surface area contributed by atoms with E-state index in [-0.39, 0.29) is 0 Å². The van der Waals surface area contributed by atoms with Crippen molar-refractivity contribution in [1.29, 1.82) is 0 Å². The lowest BCUT2D eigenvalue weighted by molar-refractivity contribution is 0.0700. The zero-order chi connectivity index (χ0) is 13.4. The number of carbonyl (C=O) groups is 1. The number of benzene rings is 1. The second kappa shape index (κ2) is 4.51. The molecule has 2 aromatic heterocycles. The Kier molecular flexibility index (Phi) is 2.83. The third-order valence-corrected chi connectivity index (χ3v) is 4.12. The van der Waals surface area contributed by atoms with Crippen molar-refractivity contribution in [3.63, 3.8) is 0 Å². The second-order valence-electron chi connectivity index (χ2n) is 4.36. The van der Waals surface area contributed by atoms with Crippen molar-refractivity contribution in [2.45, 2.75) is 13.3 Å². The first kappa shape index (κ1) is 11.9. The molecular formula is C14H12N2O2S. The van der Waals surface area contributed by atoms with Gasteiger partial charge in [-0.25, -0.2) is 9.78 Å². The van der Waals surface area contributed by atoms with Crippen molar-refractivity contribution in [2.24, 2.45) is 0 Å². The van der Waals surface area contributed by atoms with Gasteiger partial charge in [-0.2, -0.15) is 0 Å². The van der Waals surface area contributed by atoms with Crippen LogP contribution in [0, 0.1) is 6.92 Å². The molecule has 19 heavy (non-hydrogen) atoms. The molecule has 2 heterocycles. The van der Waals surface area contributed by atoms with Crippen molar-refractivity contribution in [3.05, 3.63) is 58.4 Å². The molecule has 1 aromatic carbocycles. The minimum atomic E-state index is -0.888. The monoisotopic (exact) mass is 272 g/mol. The summed E-state index contributed by atoms with van der Waals surface area (Å²) in [5, 5.41) is 9.32. The summed E-state index contributed by atoms with van der Waals surface area (Å²) in [4.78, 5) is 16.7. The van der Waals surface area contributed by atoms with Gasteiger partial charge in [0.2, 0.25) is 0 Å². The lowest BCUT2D eigenvalue weighted by Gasteiger charge is -2.04. The van der Waals surface area contributed by atoms with E-state index in [2.05, 4.69) is 4.98 Å². The molecule has 3 rings (SSSR count). The molecule has 4 nitrogen and oxygen atoms in total. The van der Waals surface area contributed by atoms with Crippen LogP contribution in [-0.4, -0.2) is 20.5 Å². The number of fused-ring (bicyclic) bond motifs is 1. The van der Waals surface area contributed by atoms with Crippen LogP contribution in [0.25, 0.3) is 4.96 Å². The van der Waals surface area contributed by atoms with Gasteiger partial charge in [-0.3, -0.25) is 4.40 Å². The Labute approximate surface area is 114 Å². The fourth-order valence-electron chi connectivity index (χ4n) is 2.18. The predicted molar refractivity (Wildman–Crippen MR) is 74.0 cm³/mol. The summed E-state index contributed by atoms with van der Waals surface area (Å²) in [5.74, 6) is -0.888. The van der Waals surface area contributed by atoms with Crippen LogP contribution >= 0.6 is 11.3 Å². The number of hydrogen-bond donors (Lipinski definition) is 1. The first-order valence-electron chi connectivity index (χ1n) is 5.90. The van der Waals surface area contributed by atoms with Crippen molar-refractivity contribution in [3.8, 4) is 0 Å². The molecule has 0 saturated heterocycles. The highest BCUT2D eigenvalue weighted by atomic mass is 32.1. The Morgan fingerprint density at radius 1 is 1.37 bits per heavy atom. The van der Waals surface area contributed by atoms with Crippen LogP contribution in [0.5, 0.6) is 0 Å². The molecule has 0 spiro atoms. The molecule has 0 aliphatic rings. The van der Waals surface area contributed by atoms with Gasteiger partial charge in [0.25, 0.3) is 0 Å². The van der Waals surface area contributed by atoms with Crippen LogP contribution in [0.2, 0.25) is 0 Å². The highest BCUT2D eigenvalue weighted by molar-refractivity contribution is 7.19. The van der Waals surface area contributed by atoms with Gasteiger partial charge in [0.1, 0.15) is 4.88 Å². The standard InChI is InChI=1S/C14H12N2O2S/c1-9-8-15-14-16(9)11(12(19-14)13(17)18)7-10-5-3-2-4-6-10/h2-6,8H,7H2,1H3,(H,17,18). The molecule has 5 heteroatoms. The number of aryl methyl sites for hydroxylation is 1. The number of aromatic carboxylic acids is 1. The average molecular weight is 272 g/mol. The van der Waals surface area contributed by atoms with E-state index in [1.54, 1.807) is 6.20 Å². The Morgan fingerprint density at radius 2 is 2.11 bits per heavy atom. The summed E-state index contributed by atoms with van der Waals surface area (Å²) >= 11 is 1.22. The van der Waals surface area contributed by atoms with Crippen LogP contribution in [0.3, 0.4) is 0 Å². The van der Waals surface area contributed by atoms with Crippen LogP contribution in [0.4, 0.5) is 0 Å². The van der Waals surface area contributed by atoms with E-state index in [9.17, 15) is 9.90 Å². The molecule has 3 aromatic rings. The summed E-state index contributed by atoms with van der Waals surface area (Å²) in [6.45, 7) is 1.94. The highest BCUT2D eigenvalue weighted by Crippen LogP contribution is 2.26. The fraction of sp³-hybridized carbons (Fsp3) is 0.143. The SMILES string of the molecule is Cc1cnc2sc(C(=O)O)c(Cc3ccccc3)n12. The molecule has 0 aliphatic heterocycles. The lowest BCUT2D eigenvalue weighted by Crippen LogP contribution is -2.03. The van der Waals surface area contributed by atoms with Crippen molar-refractivity contribution >= 4 is 22.3 Å².